The van der Waals surface area contributed by atoms with Gasteiger partial charge in [0.15, 0.2) is 5.82 Å². The third-order valence-corrected chi connectivity index (χ3v) is 6.10. The van der Waals surface area contributed by atoms with Crippen LogP contribution in [0.3, 0.4) is 0 Å². The van der Waals surface area contributed by atoms with Gasteiger partial charge < -0.3 is 4.90 Å². The molecule has 1 aliphatic rings. The molecule has 3 heterocycles. The zero-order valence-electron chi connectivity index (χ0n) is 19.6. The van der Waals surface area contributed by atoms with Crippen molar-refractivity contribution in [3.63, 3.8) is 0 Å². The first kappa shape index (κ1) is 24.8. The van der Waals surface area contributed by atoms with Gasteiger partial charge in [0.1, 0.15) is 5.82 Å². The average Bonchev–Trinajstić information content (AvgIpc) is 3.14. The lowest BCUT2D eigenvalue weighted by molar-refractivity contribution is -0.137. The Kier molecular flexibility index (Phi) is 7.20. The second kappa shape index (κ2) is 10.2. The van der Waals surface area contributed by atoms with Gasteiger partial charge in [-0.05, 0) is 30.5 Å². The van der Waals surface area contributed by atoms with Gasteiger partial charge >= 0.3 is 6.18 Å². The van der Waals surface area contributed by atoms with Gasteiger partial charge in [-0.15, -0.1) is 0 Å². The van der Waals surface area contributed by atoms with E-state index in [9.17, 15) is 22.4 Å². The van der Waals surface area contributed by atoms with E-state index in [2.05, 4.69) is 15.0 Å². The Hall–Kier alpha value is -3.27. The van der Waals surface area contributed by atoms with Crippen LogP contribution in [0.2, 0.25) is 0 Å². The molecule has 1 aliphatic heterocycles. The minimum Gasteiger partial charge on any atom is -0.337 e. The molecule has 0 radical (unpaired) electrons. The fourth-order valence-electron chi connectivity index (χ4n) is 4.31. The molecule has 1 fully saturated rings. The minimum atomic E-state index is -4.48. The predicted octanol–water partition coefficient (Wildman–Crippen LogP) is 4.90. The van der Waals surface area contributed by atoms with E-state index in [0.717, 1.165) is 25.2 Å². The molecule has 4 rings (SSSR count). The average molecular weight is 490 g/mol. The van der Waals surface area contributed by atoms with Crippen molar-refractivity contribution in [1.29, 1.82) is 0 Å². The van der Waals surface area contributed by atoms with Crippen LogP contribution in [0, 0.1) is 5.82 Å². The van der Waals surface area contributed by atoms with Crippen molar-refractivity contribution in [1.82, 2.24) is 24.6 Å². The van der Waals surface area contributed by atoms with E-state index in [1.165, 1.54) is 23.0 Å². The molecule has 1 amide bonds. The van der Waals surface area contributed by atoms with E-state index >= 15 is 0 Å². The predicted molar refractivity (Wildman–Crippen MR) is 123 cm³/mol. The van der Waals surface area contributed by atoms with Gasteiger partial charge in [-0.3, -0.25) is 9.69 Å². The van der Waals surface area contributed by atoms with Gasteiger partial charge in [0, 0.05) is 44.5 Å². The summed E-state index contributed by atoms with van der Waals surface area (Å²) in [4.78, 5) is 21.3. The molecule has 0 unspecified atom stereocenters. The molecule has 0 bridgehead atoms. The van der Waals surface area contributed by atoms with Crippen LogP contribution >= 0.6 is 0 Å². The Morgan fingerprint density at radius 3 is 2.46 bits per heavy atom. The van der Waals surface area contributed by atoms with Crippen LogP contribution in [0.25, 0.3) is 5.82 Å². The van der Waals surface area contributed by atoms with Gasteiger partial charge in [-0.25, -0.2) is 14.1 Å². The number of alkyl halides is 3. The van der Waals surface area contributed by atoms with Crippen molar-refractivity contribution in [2.75, 3.05) is 26.2 Å². The van der Waals surface area contributed by atoms with E-state index in [4.69, 9.17) is 0 Å². The number of aromatic nitrogens is 3. The third kappa shape index (κ3) is 5.53. The van der Waals surface area contributed by atoms with Crippen LogP contribution in [0.4, 0.5) is 17.6 Å². The molecule has 2 aromatic heterocycles. The molecule has 1 aromatic carbocycles. The van der Waals surface area contributed by atoms with Crippen LogP contribution in [0.1, 0.15) is 53.4 Å². The highest BCUT2D eigenvalue weighted by molar-refractivity contribution is 5.95. The summed E-state index contributed by atoms with van der Waals surface area (Å²) in [7, 11) is 0. The molecule has 186 valence electrons. The molecule has 10 heteroatoms. The molecule has 6 nitrogen and oxygen atoms in total. The van der Waals surface area contributed by atoms with Crippen LogP contribution < -0.4 is 0 Å². The quantitative estimate of drug-likeness (QED) is 0.479. The molecule has 0 aliphatic carbocycles. The molecule has 1 saturated heterocycles. The number of rotatable bonds is 5. The summed E-state index contributed by atoms with van der Waals surface area (Å²) in [6.07, 6.45) is -1.52. The molecule has 0 atom stereocenters. The molecular formula is C25H27F4N5O. The summed E-state index contributed by atoms with van der Waals surface area (Å²) < 4.78 is 54.2. The van der Waals surface area contributed by atoms with E-state index in [1.54, 1.807) is 17.0 Å². The zero-order chi connectivity index (χ0) is 25.2. The van der Waals surface area contributed by atoms with Gasteiger partial charge in [0.05, 0.1) is 23.0 Å². The summed E-state index contributed by atoms with van der Waals surface area (Å²) in [5.74, 6) is -0.326. The third-order valence-electron chi connectivity index (χ3n) is 6.10. The minimum absolute atomic E-state index is 0.120. The first-order valence-electron chi connectivity index (χ1n) is 11.5. The molecule has 0 N–H and O–H groups in total. The Labute approximate surface area is 201 Å². The van der Waals surface area contributed by atoms with Crippen molar-refractivity contribution >= 4 is 5.91 Å². The summed E-state index contributed by atoms with van der Waals surface area (Å²) in [5.41, 5.74) is 0.777. The lowest BCUT2D eigenvalue weighted by Gasteiger charge is -2.23. The van der Waals surface area contributed by atoms with Gasteiger partial charge in [0.2, 0.25) is 0 Å². The summed E-state index contributed by atoms with van der Waals surface area (Å²) >= 11 is 0. The topological polar surface area (TPSA) is 54.3 Å². The second-order valence-electron chi connectivity index (χ2n) is 8.93. The smallest absolute Gasteiger partial charge is 0.337 e. The van der Waals surface area contributed by atoms with Gasteiger partial charge in [-0.1, -0.05) is 32.0 Å². The monoisotopic (exact) mass is 489 g/mol. The Morgan fingerprint density at radius 2 is 1.80 bits per heavy atom. The molecule has 35 heavy (non-hydrogen) atoms. The Morgan fingerprint density at radius 1 is 1.03 bits per heavy atom. The lowest BCUT2D eigenvalue weighted by atomic mass is 10.0. The first-order chi connectivity index (χ1) is 16.6. The van der Waals surface area contributed by atoms with E-state index in [0.29, 0.717) is 43.0 Å². The maximum atomic E-state index is 14.1. The zero-order valence-corrected chi connectivity index (χ0v) is 19.6. The molecule has 0 spiro atoms. The molecule has 0 saturated carbocycles. The van der Waals surface area contributed by atoms with Crippen LogP contribution in [0.15, 0.2) is 48.8 Å². The number of halogens is 4. The van der Waals surface area contributed by atoms with Crippen LogP contribution in [-0.4, -0.2) is 56.7 Å². The van der Waals surface area contributed by atoms with E-state index < -0.39 is 11.7 Å². The number of nitrogens with zero attached hydrogens (tertiary/aromatic N) is 5. The van der Waals surface area contributed by atoms with E-state index in [-0.39, 0.29) is 23.5 Å². The SMILES string of the molecule is CC(C)c1c(C(=O)N2CCCN(Cc3ccccc3F)CC2)cnn1-c1ccc(C(F)(F)F)cn1. The number of pyridine rings is 1. The molecule has 3 aromatic rings. The number of carbonyl (C=O) groups excluding carboxylic acids is 1. The lowest BCUT2D eigenvalue weighted by Crippen LogP contribution is -2.35. The normalized spacial score (nSPS) is 15.5. The van der Waals surface area contributed by atoms with Crippen molar-refractivity contribution in [2.24, 2.45) is 0 Å². The highest BCUT2D eigenvalue weighted by Gasteiger charge is 2.31. The summed E-state index contributed by atoms with van der Waals surface area (Å²) in [6, 6.07) is 8.88. The number of hydrogen-bond acceptors (Lipinski definition) is 4. The van der Waals surface area contributed by atoms with Crippen molar-refractivity contribution in [2.45, 2.75) is 38.9 Å². The number of amides is 1. The van der Waals surface area contributed by atoms with Gasteiger partial charge in [-0.2, -0.15) is 18.3 Å². The maximum absolute atomic E-state index is 14.1. The number of hydrogen-bond donors (Lipinski definition) is 0. The summed E-state index contributed by atoms with van der Waals surface area (Å²) in [5, 5.41) is 4.29. The van der Waals surface area contributed by atoms with Crippen molar-refractivity contribution < 1.29 is 22.4 Å². The van der Waals surface area contributed by atoms with E-state index in [1.807, 2.05) is 19.9 Å². The fraction of sp³-hybridized carbons (Fsp3) is 0.400. The standard InChI is InChI=1S/C25H27F4N5O/c1-17(2)23-20(15-31-34(23)22-9-8-19(14-30-22)25(27,28)29)24(35)33-11-5-10-32(12-13-33)16-18-6-3-4-7-21(18)26/h3-4,6-9,14-15,17H,5,10-13,16H2,1-2H3. The second-order valence-corrected chi connectivity index (χ2v) is 8.93. The van der Waals surface area contributed by atoms with Crippen molar-refractivity contribution in [3.05, 3.63) is 77.0 Å². The van der Waals surface area contributed by atoms with Crippen LogP contribution in [0.5, 0.6) is 0 Å². The van der Waals surface area contributed by atoms with Crippen LogP contribution in [-0.2, 0) is 12.7 Å². The largest absolute Gasteiger partial charge is 0.417 e. The highest BCUT2D eigenvalue weighted by atomic mass is 19.4. The first-order valence-corrected chi connectivity index (χ1v) is 11.5. The molecular weight excluding hydrogens is 462 g/mol. The van der Waals surface area contributed by atoms with Crippen molar-refractivity contribution in [3.8, 4) is 5.82 Å². The number of benzene rings is 1. The highest BCUT2D eigenvalue weighted by Crippen LogP contribution is 2.30. The Balaban J connectivity index is 1.51. The summed E-state index contributed by atoms with van der Waals surface area (Å²) in [6.45, 7) is 6.64. The van der Waals surface area contributed by atoms with Gasteiger partial charge in [0.25, 0.3) is 5.91 Å². The Bertz CT molecular complexity index is 1170. The maximum Gasteiger partial charge on any atom is 0.417 e. The number of carbonyl (C=O) groups is 1. The fourth-order valence-corrected chi connectivity index (χ4v) is 4.31.